The predicted molar refractivity (Wildman–Crippen MR) is 112 cm³/mol. The smallest absolute Gasteiger partial charge is 0.326 e. The Labute approximate surface area is 170 Å². The summed E-state index contributed by atoms with van der Waals surface area (Å²) in [5, 5.41) is 0. The van der Waals surface area contributed by atoms with Crippen LogP contribution in [-0.2, 0) is 20.9 Å². The third-order valence-corrected chi connectivity index (χ3v) is 5.63. The molecule has 6 nitrogen and oxygen atoms in total. The third-order valence-electron chi connectivity index (χ3n) is 5.63. The Morgan fingerprint density at radius 1 is 1.17 bits per heavy atom. The number of para-hydroxylation sites is 2. The Bertz CT molecular complexity index is 1090. The van der Waals surface area contributed by atoms with Crippen LogP contribution in [0.25, 0.3) is 11.0 Å². The number of carbonyl (C=O) groups excluding carboxylic acids is 2. The highest BCUT2D eigenvalue weighted by molar-refractivity contribution is 5.97. The maximum atomic E-state index is 12.9. The molecule has 1 amide bonds. The third kappa shape index (κ3) is 3.50. The van der Waals surface area contributed by atoms with E-state index in [1.54, 1.807) is 6.92 Å². The van der Waals surface area contributed by atoms with Gasteiger partial charge in [0.05, 0.1) is 17.6 Å². The van der Waals surface area contributed by atoms with E-state index in [4.69, 9.17) is 9.72 Å². The summed E-state index contributed by atoms with van der Waals surface area (Å²) in [6.07, 6.45) is 0.375. The molecule has 0 N–H and O–H groups in total. The van der Waals surface area contributed by atoms with Crippen molar-refractivity contribution < 1.29 is 14.3 Å². The van der Waals surface area contributed by atoms with Crippen molar-refractivity contribution in [1.82, 2.24) is 9.55 Å². The monoisotopic (exact) mass is 391 g/mol. The van der Waals surface area contributed by atoms with E-state index < -0.39 is 0 Å². The minimum absolute atomic E-state index is 0.0794. The first kappa shape index (κ1) is 19.2. The molecule has 1 aromatic heterocycles. The summed E-state index contributed by atoms with van der Waals surface area (Å²) >= 11 is 0. The number of carbonyl (C=O) groups is 2. The first-order valence-corrected chi connectivity index (χ1v) is 9.97. The molecule has 2 heterocycles. The van der Waals surface area contributed by atoms with Gasteiger partial charge >= 0.3 is 5.97 Å². The zero-order valence-electron chi connectivity index (χ0n) is 17.0. The van der Waals surface area contributed by atoms with Crippen LogP contribution >= 0.6 is 0 Å². The fourth-order valence-electron chi connectivity index (χ4n) is 4.05. The summed E-state index contributed by atoms with van der Waals surface area (Å²) in [7, 11) is 0. The lowest BCUT2D eigenvalue weighted by atomic mass is 10.1. The Balaban J connectivity index is 1.71. The van der Waals surface area contributed by atoms with Gasteiger partial charge in [-0.15, -0.1) is 0 Å². The van der Waals surface area contributed by atoms with Crippen molar-refractivity contribution in [3.05, 3.63) is 59.4 Å². The van der Waals surface area contributed by atoms with Crippen LogP contribution in [0.3, 0.4) is 0 Å². The number of nitrogens with zero attached hydrogens (tertiary/aromatic N) is 3. The van der Waals surface area contributed by atoms with Gasteiger partial charge in [0.25, 0.3) is 0 Å². The number of hydrogen-bond acceptors (Lipinski definition) is 4. The van der Waals surface area contributed by atoms with Crippen LogP contribution in [0.1, 0.15) is 36.2 Å². The summed E-state index contributed by atoms with van der Waals surface area (Å²) in [4.78, 5) is 31.7. The largest absolute Gasteiger partial charge is 0.465 e. The van der Waals surface area contributed by atoms with Gasteiger partial charge in [-0.3, -0.25) is 9.59 Å². The average Bonchev–Trinajstić information content (AvgIpc) is 3.25. The summed E-state index contributed by atoms with van der Waals surface area (Å²) in [5.41, 5.74) is 4.93. The molecule has 1 fully saturated rings. The second kappa shape index (κ2) is 7.70. The zero-order chi connectivity index (χ0) is 20.5. The van der Waals surface area contributed by atoms with Crippen LogP contribution in [0.15, 0.2) is 42.5 Å². The highest BCUT2D eigenvalue weighted by Gasteiger charge is 2.35. The van der Waals surface area contributed by atoms with Gasteiger partial charge in [0.15, 0.2) is 0 Å². The Morgan fingerprint density at radius 3 is 2.76 bits per heavy atom. The summed E-state index contributed by atoms with van der Waals surface area (Å²) in [6, 6.07) is 13.8. The maximum Gasteiger partial charge on any atom is 0.326 e. The van der Waals surface area contributed by atoms with E-state index in [9.17, 15) is 9.59 Å². The molecule has 1 saturated heterocycles. The molecule has 1 aliphatic heterocycles. The molecule has 4 rings (SSSR count). The van der Waals surface area contributed by atoms with Gasteiger partial charge in [-0.1, -0.05) is 24.3 Å². The molecule has 0 aliphatic carbocycles. The van der Waals surface area contributed by atoms with Crippen molar-refractivity contribution in [3.63, 3.8) is 0 Å². The number of esters is 1. The number of ether oxygens (including phenoxy) is 1. The van der Waals surface area contributed by atoms with Gasteiger partial charge in [0.1, 0.15) is 12.4 Å². The van der Waals surface area contributed by atoms with Crippen LogP contribution in [0.5, 0.6) is 0 Å². The molecule has 29 heavy (non-hydrogen) atoms. The van der Waals surface area contributed by atoms with E-state index in [0.717, 1.165) is 33.7 Å². The minimum atomic E-state index is -0.299. The number of anilines is 1. The van der Waals surface area contributed by atoms with Crippen LogP contribution in [0.2, 0.25) is 0 Å². The van der Waals surface area contributed by atoms with Crippen molar-refractivity contribution in [2.24, 2.45) is 0 Å². The van der Waals surface area contributed by atoms with Gasteiger partial charge < -0.3 is 14.2 Å². The van der Waals surface area contributed by atoms with E-state index in [1.807, 2.05) is 52.8 Å². The van der Waals surface area contributed by atoms with Gasteiger partial charge in [-0.25, -0.2) is 4.98 Å². The first-order valence-electron chi connectivity index (χ1n) is 9.97. The normalized spacial score (nSPS) is 16.6. The molecule has 1 atom stereocenters. The second-order valence-corrected chi connectivity index (χ2v) is 7.47. The van der Waals surface area contributed by atoms with Crippen molar-refractivity contribution >= 4 is 28.6 Å². The molecule has 0 spiro atoms. The molecule has 0 bridgehead atoms. The van der Waals surface area contributed by atoms with E-state index >= 15 is 0 Å². The number of aromatic nitrogens is 2. The molecule has 2 aromatic carbocycles. The molecule has 0 unspecified atom stereocenters. The topological polar surface area (TPSA) is 64.4 Å². The summed E-state index contributed by atoms with van der Waals surface area (Å²) < 4.78 is 7.06. The predicted octanol–water partition coefficient (Wildman–Crippen LogP) is 3.74. The highest BCUT2D eigenvalue weighted by atomic mass is 16.5. The molecular weight excluding hydrogens is 366 g/mol. The van der Waals surface area contributed by atoms with Gasteiger partial charge in [-0.05, 0) is 50.1 Å². The highest BCUT2D eigenvalue weighted by Crippen LogP contribution is 2.35. The lowest BCUT2D eigenvalue weighted by Gasteiger charge is -2.20. The van der Waals surface area contributed by atoms with E-state index in [-0.39, 0.29) is 24.3 Å². The first-order chi connectivity index (χ1) is 14.0. The second-order valence-electron chi connectivity index (χ2n) is 7.47. The SMILES string of the molecule is CCOC(=O)Cn1c([C@@H]2CC(=O)N(c3cccc(C)c3C)C2)nc2ccccc21. The minimum Gasteiger partial charge on any atom is -0.465 e. The van der Waals surface area contributed by atoms with E-state index in [0.29, 0.717) is 19.6 Å². The number of aryl methyl sites for hydroxylation is 1. The Hall–Kier alpha value is -3.15. The Morgan fingerprint density at radius 2 is 1.97 bits per heavy atom. The van der Waals surface area contributed by atoms with Gasteiger partial charge in [0.2, 0.25) is 5.91 Å². The molecule has 1 aliphatic rings. The van der Waals surface area contributed by atoms with Crippen LogP contribution in [0.4, 0.5) is 5.69 Å². The van der Waals surface area contributed by atoms with Crippen molar-refractivity contribution in [3.8, 4) is 0 Å². The molecule has 150 valence electrons. The zero-order valence-corrected chi connectivity index (χ0v) is 17.0. The number of imidazole rings is 1. The number of rotatable bonds is 5. The Kier molecular flexibility index (Phi) is 5.09. The average molecular weight is 391 g/mol. The van der Waals surface area contributed by atoms with Crippen molar-refractivity contribution in [1.29, 1.82) is 0 Å². The fraction of sp³-hybridized carbons (Fsp3) is 0.348. The number of amides is 1. The van der Waals surface area contributed by atoms with Crippen LogP contribution < -0.4 is 4.90 Å². The summed E-state index contributed by atoms with van der Waals surface area (Å²) in [6.45, 7) is 6.87. The van der Waals surface area contributed by atoms with E-state index in [2.05, 4.69) is 13.0 Å². The molecular formula is C23H25N3O3. The van der Waals surface area contributed by atoms with Gasteiger partial charge in [-0.2, -0.15) is 0 Å². The fourth-order valence-corrected chi connectivity index (χ4v) is 4.05. The standard InChI is InChI=1S/C23H25N3O3/c1-4-29-22(28)14-26-20-10-6-5-9-18(20)24-23(26)17-12-21(27)25(13-17)19-11-7-8-15(2)16(19)3/h5-11,17H,4,12-14H2,1-3H3/t17-/m1/s1. The van der Waals surface area contributed by atoms with Gasteiger partial charge in [0, 0.05) is 24.6 Å². The number of fused-ring (bicyclic) bond motifs is 1. The van der Waals surface area contributed by atoms with Crippen LogP contribution in [-0.4, -0.2) is 34.6 Å². The molecule has 3 aromatic rings. The number of benzene rings is 2. The lowest BCUT2D eigenvalue weighted by Crippen LogP contribution is -2.25. The molecule has 0 saturated carbocycles. The summed E-state index contributed by atoms with van der Waals surface area (Å²) in [5.74, 6) is 0.468. The number of hydrogen-bond donors (Lipinski definition) is 0. The maximum absolute atomic E-state index is 12.9. The van der Waals surface area contributed by atoms with Crippen LogP contribution in [0, 0.1) is 13.8 Å². The van der Waals surface area contributed by atoms with Crippen molar-refractivity contribution in [2.45, 2.75) is 39.7 Å². The lowest BCUT2D eigenvalue weighted by molar-refractivity contribution is -0.143. The van der Waals surface area contributed by atoms with Crippen molar-refractivity contribution in [2.75, 3.05) is 18.1 Å². The molecule has 6 heteroatoms. The molecule has 0 radical (unpaired) electrons. The quantitative estimate of drug-likeness (QED) is 0.622. The van der Waals surface area contributed by atoms with E-state index in [1.165, 1.54) is 0 Å².